The van der Waals surface area contributed by atoms with Gasteiger partial charge in [-0.2, -0.15) is 11.8 Å². The number of carbonyl (C=O) groups excluding carboxylic acids is 1. The van der Waals surface area contributed by atoms with Gasteiger partial charge in [-0.25, -0.2) is 0 Å². The number of hydrogen-bond donors (Lipinski definition) is 3. The molecule has 108 valence electrons. The number of nitrogens with one attached hydrogen (secondary N) is 1. The van der Waals surface area contributed by atoms with Crippen LogP contribution in [0.25, 0.3) is 0 Å². The number of rotatable bonds is 10. The van der Waals surface area contributed by atoms with Gasteiger partial charge in [-0.05, 0) is 39.4 Å². The molecule has 0 aliphatic carbocycles. The number of thioether (sulfide) groups is 1. The van der Waals surface area contributed by atoms with Crippen molar-refractivity contribution < 1.29 is 9.90 Å². The Balaban J connectivity index is 3.95. The maximum atomic E-state index is 11.5. The zero-order valence-electron chi connectivity index (χ0n) is 12.0. The van der Waals surface area contributed by atoms with E-state index in [0.29, 0.717) is 5.25 Å². The first kappa shape index (κ1) is 17.7. The van der Waals surface area contributed by atoms with Crippen molar-refractivity contribution in [3.05, 3.63) is 0 Å². The molecule has 0 rings (SSSR count). The number of aliphatic hydroxyl groups excluding tert-OH is 1. The molecule has 0 aromatic carbocycles. The van der Waals surface area contributed by atoms with E-state index in [1.807, 2.05) is 27.7 Å². The van der Waals surface area contributed by atoms with Crippen molar-refractivity contribution in [2.24, 2.45) is 5.73 Å². The molecule has 0 aliphatic heterocycles. The Kier molecular flexibility index (Phi) is 8.65. The maximum Gasteiger partial charge on any atom is 0.237 e. The molecule has 2 atom stereocenters. The largest absolute Gasteiger partial charge is 0.395 e. The van der Waals surface area contributed by atoms with E-state index in [9.17, 15) is 4.79 Å². The number of unbranched alkanes of at least 4 members (excludes halogenated alkanes) is 1. The van der Waals surface area contributed by atoms with Gasteiger partial charge >= 0.3 is 0 Å². The highest BCUT2D eigenvalue weighted by molar-refractivity contribution is 7.99. The van der Waals surface area contributed by atoms with Crippen LogP contribution in [0.15, 0.2) is 0 Å². The lowest BCUT2D eigenvalue weighted by Gasteiger charge is -2.29. The van der Waals surface area contributed by atoms with Crippen LogP contribution >= 0.6 is 11.8 Å². The summed E-state index contributed by atoms with van der Waals surface area (Å²) < 4.78 is 0. The Hall–Kier alpha value is -0.260. The Bertz CT molecular complexity index is 249. The quantitative estimate of drug-likeness (QED) is 0.529. The fourth-order valence-corrected chi connectivity index (χ4v) is 2.70. The molecule has 0 heterocycles. The van der Waals surface area contributed by atoms with E-state index in [1.165, 1.54) is 0 Å². The van der Waals surface area contributed by atoms with Crippen LogP contribution in [0.5, 0.6) is 0 Å². The lowest BCUT2D eigenvalue weighted by atomic mass is 9.93. The minimum Gasteiger partial charge on any atom is -0.395 e. The van der Waals surface area contributed by atoms with E-state index in [0.717, 1.165) is 25.0 Å². The van der Waals surface area contributed by atoms with E-state index in [2.05, 4.69) is 5.32 Å². The highest BCUT2D eigenvalue weighted by Crippen LogP contribution is 2.18. The normalized spacial score (nSPS) is 16.6. The minimum atomic E-state index is -0.610. The average Bonchev–Trinajstić information content (AvgIpc) is 2.27. The molecule has 0 bridgehead atoms. The predicted octanol–water partition coefficient (Wildman–Crippen LogP) is 1.51. The van der Waals surface area contributed by atoms with Gasteiger partial charge in [0.05, 0.1) is 12.1 Å². The smallest absolute Gasteiger partial charge is 0.237 e. The van der Waals surface area contributed by atoms with Crippen LogP contribution in [0.2, 0.25) is 0 Å². The Morgan fingerprint density at radius 1 is 1.39 bits per heavy atom. The zero-order valence-corrected chi connectivity index (χ0v) is 12.8. The van der Waals surface area contributed by atoms with Crippen molar-refractivity contribution in [1.82, 2.24) is 5.32 Å². The first-order valence-electron chi connectivity index (χ1n) is 6.62. The van der Waals surface area contributed by atoms with Crippen LogP contribution in [0, 0.1) is 0 Å². The van der Waals surface area contributed by atoms with Crippen LogP contribution in [0.1, 0.15) is 47.0 Å². The molecule has 0 saturated carbocycles. The second-order valence-corrected chi connectivity index (χ2v) is 6.86. The highest BCUT2D eigenvalue weighted by Gasteiger charge is 2.30. The molecule has 0 aromatic rings. The summed E-state index contributed by atoms with van der Waals surface area (Å²) in [5, 5.41) is 12.4. The zero-order chi connectivity index (χ0) is 14.2. The summed E-state index contributed by atoms with van der Waals surface area (Å²) in [6.45, 7) is 8.13. The minimum absolute atomic E-state index is 0.221. The monoisotopic (exact) mass is 276 g/mol. The van der Waals surface area contributed by atoms with Gasteiger partial charge < -0.3 is 16.2 Å². The summed E-state index contributed by atoms with van der Waals surface area (Å²) >= 11 is 1.76. The van der Waals surface area contributed by atoms with Crippen LogP contribution < -0.4 is 11.1 Å². The van der Waals surface area contributed by atoms with Gasteiger partial charge in [0.2, 0.25) is 5.91 Å². The topological polar surface area (TPSA) is 75.3 Å². The highest BCUT2D eigenvalue weighted by atomic mass is 32.2. The van der Waals surface area contributed by atoms with Crippen LogP contribution in [-0.2, 0) is 4.79 Å². The third-order valence-electron chi connectivity index (χ3n) is 2.88. The van der Waals surface area contributed by atoms with E-state index in [4.69, 9.17) is 10.8 Å². The Morgan fingerprint density at radius 2 is 2.00 bits per heavy atom. The molecule has 0 aliphatic rings. The van der Waals surface area contributed by atoms with Gasteiger partial charge in [-0.1, -0.05) is 13.3 Å². The molecule has 5 heteroatoms. The summed E-state index contributed by atoms with van der Waals surface area (Å²) in [6, 6.07) is 0.242. The summed E-state index contributed by atoms with van der Waals surface area (Å²) in [5.41, 5.74) is 4.85. The third-order valence-corrected chi connectivity index (χ3v) is 4.12. The van der Waals surface area contributed by atoms with Gasteiger partial charge in [0.1, 0.15) is 0 Å². The van der Waals surface area contributed by atoms with Gasteiger partial charge in [0, 0.05) is 11.3 Å². The van der Waals surface area contributed by atoms with Crippen molar-refractivity contribution in [2.75, 3.05) is 12.4 Å². The van der Waals surface area contributed by atoms with Crippen molar-refractivity contribution in [3.8, 4) is 0 Å². The number of amides is 1. The summed E-state index contributed by atoms with van der Waals surface area (Å²) in [6.07, 6.45) is 2.76. The molecule has 1 amide bonds. The molecular formula is C13H28N2O2S. The standard InChI is InChI=1S/C13H28N2O2S/c1-10(2)15-13(4,12(14)17)7-5-6-8-18-11(3)9-16/h10-11,15-16H,5-9H2,1-4H3,(H2,14,17). The number of carbonyl (C=O) groups is 1. The summed E-state index contributed by atoms with van der Waals surface area (Å²) in [5.74, 6) is 0.728. The number of hydrogen-bond acceptors (Lipinski definition) is 4. The van der Waals surface area contributed by atoms with Crippen molar-refractivity contribution in [2.45, 2.75) is 63.8 Å². The maximum absolute atomic E-state index is 11.5. The van der Waals surface area contributed by atoms with Crippen LogP contribution in [-0.4, -0.2) is 40.2 Å². The molecule has 0 aromatic heterocycles. The van der Waals surface area contributed by atoms with Crippen LogP contribution in [0.3, 0.4) is 0 Å². The SMILES string of the molecule is CC(C)NC(C)(CCCCSC(C)CO)C(N)=O. The predicted molar refractivity (Wildman–Crippen MR) is 78.7 cm³/mol. The van der Waals surface area contributed by atoms with E-state index in [-0.39, 0.29) is 18.6 Å². The molecule has 2 unspecified atom stereocenters. The average molecular weight is 276 g/mol. The third kappa shape index (κ3) is 7.24. The molecule has 18 heavy (non-hydrogen) atoms. The van der Waals surface area contributed by atoms with Crippen molar-refractivity contribution in [1.29, 1.82) is 0 Å². The summed E-state index contributed by atoms with van der Waals surface area (Å²) in [4.78, 5) is 11.5. The van der Waals surface area contributed by atoms with Gasteiger partial charge in [0.15, 0.2) is 0 Å². The molecular weight excluding hydrogens is 248 g/mol. The second kappa shape index (κ2) is 8.77. The van der Waals surface area contributed by atoms with Crippen molar-refractivity contribution in [3.63, 3.8) is 0 Å². The van der Waals surface area contributed by atoms with Gasteiger partial charge in [-0.3, -0.25) is 4.79 Å². The molecule has 0 saturated heterocycles. The lowest BCUT2D eigenvalue weighted by molar-refractivity contribution is -0.124. The van der Waals surface area contributed by atoms with E-state index >= 15 is 0 Å². The van der Waals surface area contributed by atoms with Crippen LogP contribution in [0.4, 0.5) is 0 Å². The molecule has 0 radical (unpaired) electrons. The van der Waals surface area contributed by atoms with Gasteiger partial charge in [0.25, 0.3) is 0 Å². The fraction of sp³-hybridized carbons (Fsp3) is 0.923. The molecule has 4 N–H and O–H groups in total. The Labute approximate surface area is 115 Å². The molecule has 4 nitrogen and oxygen atoms in total. The second-order valence-electron chi connectivity index (χ2n) is 5.32. The Morgan fingerprint density at radius 3 is 2.44 bits per heavy atom. The van der Waals surface area contributed by atoms with E-state index < -0.39 is 5.54 Å². The molecule has 0 fully saturated rings. The molecule has 0 spiro atoms. The lowest BCUT2D eigenvalue weighted by Crippen LogP contribution is -2.55. The van der Waals surface area contributed by atoms with Gasteiger partial charge in [-0.15, -0.1) is 0 Å². The number of aliphatic hydroxyl groups is 1. The summed E-state index contributed by atoms with van der Waals surface area (Å²) in [7, 11) is 0. The van der Waals surface area contributed by atoms with E-state index in [1.54, 1.807) is 11.8 Å². The first-order valence-corrected chi connectivity index (χ1v) is 7.66. The fourth-order valence-electron chi connectivity index (χ4n) is 1.82. The number of nitrogens with two attached hydrogens (primary N) is 1. The number of primary amides is 1. The van der Waals surface area contributed by atoms with Crippen molar-refractivity contribution >= 4 is 17.7 Å². The first-order chi connectivity index (χ1) is 8.31.